The highest BCUT2D eigenvalue weighted by molar-refractivity contribution is 14.0. The number of pyridine rings is 1. The Morgan fingerprint density at radius 1 is 1.29 bits per heavy atom. The zero-order valence-electron chi connectivity index (χ0n) is 15.9. The normalized spacial score (nSPS) is 16.4. The number of anilines is 1. The summed E-state index contributed by atoms with van der Waals surface area (Å²) in [6.45, 7) is 2.11. The van der Waals surface area contributed by atoms with Crippen LogP contribution < -0.4 is 10.6 Å². The molecule has 2 heterocycles. The second-order valence-corrected chi connectivity index (χ2v) is 7.51. The molecular weight excluding hydrogens is 485 g/mol. The number of aliphatic imine (C=N–C) groups is 1. The van der Waals surface area contributed by atoms with E-state index in [4.69, 9.17) is 0 Å². The molecule has 2 N–H and O–H groups in total. The van der Waals surface area contributed by atoms with Gasteiger partial charge in [0.2, 0.25) is 5.91 Å². The number of amides is 1. The number of carbonyl (C=O) groups is 1. The topological polar surface area (TPSA) is 69.6 Å². The number of carbonyl (C=O) groups excluding carboxylic acids is 1. The number of nitrogens with one attached hydrogen (secondary N) is 2. The minimum atomic E-state index is -0.112. The van der Waals surface area contributed by atoms with E-state index in [0.29, 0.717) is 11.6 Å². The summed E-state index contributed by atoms with van der Waals surface area (Å²) in [5.41, 5.74) is 0.693. The van der Waals surface area contributed by atoms with Gasteiger partial charge in [-0.3, -0.25) is 14.8 Å². The fourth-order valence-corrected chi connectivity index (χ4v) is 4.08. The van der Waals surface area contributed by atoms with E-state index in [-0.39, 0.29) is 36.4 Å². The van der Waals surface area contributed by atoms with Crippen molar-refractivity contribution in [3.8, 4) is 0 Å². The number of rotatable bonds is 6. The van der Waals surface area contributed by atoms with E-state index < -0.39 is 0 Å². The minimum Gasteiger partial charge on any atom is -0.347 e. The fraction of sp³-hybridized carbons (Fsp3) is 0.350. The van der Waals surface area contributed by atoms with Crippen molar-refractivity contribution < 1.29 is 4.79 Å². The molecule has 1 atom stereocenters. The lowest BCUT2D eigenvalue weighted by atomic mass is 10.2. The first-order valence-corrected chi connectivity index (χ1v) is 10.1. The van der Waals surface area contributed by atoms with Crippen LogP contribution >= 0.6 is 35.7 Å². The summed E-state index contributed by atoms with van der Waals surface area (Å²) in [5, 5.41) is 5.98. The molecule has 1 unspecified atom stereocenters. The van der Waals surface area contributed by atoms with Gasteiger partial charge in [0, 0.05) is 37.0 Å². The second kappa shape index (κ2) is 11.9. The second-order valence-electron chi connectivity index (χ2n) is 6.42. The molecule has 150 valence electrons. The average Bonchev–Trinajstić information content (AvgIpc) is 3.17. The van der Waals surface area contributed by atoms with Gasteiger partial charge in [0.25, 0.3) is 0 Å². The molecule has 1 aromatic heterocycles. The Morgan fingerprint density at radius 2 is 2.11 bits per heavy atom. The smallest absolute Gasteiger partial charge is 0.243 e. The van der Waals surface area contributed by atoms with Crippen LogP contribution in [0.25, 0.3) is 0 Å². The van der Waals surface area contributed by atoms with Gasteiger partial charge in [-0.05, 0) is 36.6 Å². The molecule has 0 saturated carbocycles. The van der Waals surface area contributed by atoms with Crippen LogP contribution in [0.2, 0.25) is 0 Å². The van der Waals surface area contributed by atoms with E-state index >= 15 is 0 Å². The van der Waals surface area contributed by atoms with E-state index in [1.165, 1.54) is 4.90 Å². The van der Waals surface area contributed by atoms with Gasteiger partial charge in [0.15, 0.2) is 5.96 Å². The zero-order chi connectivity index (χ0) is 18.9. The van der Waals surface area contributed by atoms with Gasteiger partial charge >= 0.3 is 0 Å². The highest BCUT2D eigenvalue weighted by Crippen LogP contribution is 2.25. The Kier molecular flexibility index (Phi) is 9.56. The van der Waals surface area contributed by atoms with Crippen molar-refractivity contribution in [2.24, 2.45) is 10.9 Å². The molecule has 0 bridgehead atoms. The van der Waals surface area contributed by atoms with Crippen molar-refractivity contribution in [1.82, 2.24) is 15.2 Å². The number of halogens is 1. The van der Waals surface area contributed by atoms with E-state index in [9.17, 15) is 4.79 Å². The quantitative estimate of drug-likeness (QED) is 0.270. The van der Waals surface area contributed by atoms with Crippen LogP contribution in [0.1, 0.15) is 6.42 Å². The van der Waals surface area contributed by atoms with Gasteiger partial charge in [-0.2, -0.15) is 0 Å². The molecule has 6 nitrogen and oxygen atoms in total. The molecule has 1 saturated heterocycles. The molecule has 0 spiro atoms. The number of thioether (sulfide) groups is 1. The molecule has 1 amide bonds. The van der Waals surface area contributed by atoms with Crippen LogP contribution in [0.3, 0.4) is 0 Å². The van der Waals surface area contributed by atoms with Gasteiger partial charge in [0.05, 0.1) is 18.4 Å². The van der Waals surface area contributed by atoms with Crippen molar-refractivity contribution in [3.05, 3.63) is 54.9 Å². The Balaban J connectivity index is 0.00000280. The Hall–Kier alpha value is -1.81. The van der Waals surface area contributed by atoms with Crippen LogP contribution in [-0.2, 0) is 4.79 Å². The highest BCUT2D eigenvalue weighted by atomic mass is 127. The third-order valence-corrected chi connectivity index (χ3v) is 5.62. The van der Waals surface area contributed by atoms with Gasteiger partial charge in [-0.1, -0.05) is 18.2 Å². The van der Waals surface area contributed by atoms with E-state index in [1.54, 1.807) is 25.5 Å². The largest absolute Gasteiger partial charge is 0.347 e. The number of nitrogens with zero attached hydrogens (tertiary/aromatic N) is 3. The maximum atomic E-state index is 12.1. The number of aromatic nitrogens is 1. The van der Waals surface area contributed by atoms with Gasteiger partial charge in [-0.15, -0.1) is 35.7 Å². The first-order chi connectivity index (χ1) is 13.2. The number of benzene rings is 1. The summed E-state index contributed by atoms with van der Waals surface area (Å²) in [6.07, 6.45) is 4.44. The van der Waals surface area contributed by atoms with Crippen molar-refractivity contribution in [2.45, 2.75) is 11.3 Å². The average molecular weight is 511 g/mol. The van der Waals surface area contributed by atoms with Gasteiger partial charge in [0.1, 0.15) is 0 Å². The number of hydrogen-bond acceptors (Lipinski definition) is 4. The van der Waals surface area contributed by atoms with Crippen molar-refractivity contribution in [2.75, 3.05) is 37.8 Å². The third-order valence-electron chi connectivity index (χ3n) is 4.38. The van der Waals surface area contributed by atoms with E-state index in [2.05, 4.69) is 49.8 Å². The molecule has 1 aliphatic rings. The predicted molar refractivity (Wildman–Crippen MR) is 126 cm³/mol. The Morgan fingerprint density at radius 3 is 2.82 bits per heavy atom. The van der Waals surface area contributed by atoms with Crippen LogP contribution in [0, 0.1) is 5.92 Å². The minimum absolute atomic E-state index is 0. The molecule has 0 radical (unpaired) electrons. The standard InChI is InChI=1S/C20H25N5OS.HI/c1-21-20(23-13-19(26)24-17-6-5-10-22-12-17)25-11-9-16(14-25)15-27-18-7-3-2-4-8-18;/h2-8,10,12,16H,9,11,13-15H2,1H3,(H,21,23)(H,24,26);1H. The SMILES string of the molecule is CN=C(NCC(=O)Nc1cccnc1)N1CCC(CSc2ccccc2)C1.I. The summed E-state index contributed by atoms with van der Waals surface area (Å²) >= 11 is 1.90. The third kappa shape index (κ3) is 6.97. The predicted octanol–water partition coefficient (Wildman–Crippen LogP) is 3.33. The summed E-state index contributed by atoms with van der Waals surface area (Å²) in [4.78, 5) is 24.0. The van der Waals surface area contributed by atoms with Crippen LogP contribution in [0.4, 0.5) is 5.69 Å². The first kappa shape index (κ1) is 22.5. The number of guanidine groups is 1. The van der Waals surface area contributed by atoms with Crippen LogP contribution in [0.5, 0.6) is 0 Å². The van der Waals surface area contributed by atoms with Crippen LogP contribution in [0.15, 0.2) is 64.7 Å². The number of likely N-dealkylation sites (tertiary alicyclic amines) is 1. The summed E-state index contributed by atoms with van der Waals surface area (Å²) in [6, 6.07) is 14.1. The molecule has 1 aliphatic heterocycles. The fourth-order valence-electron chi connectivity index (χ4n) is 3.03. The summed E-state index contributed by atoms with van der Waals surface area (Å²) < 4.78 is 0. The lowest BCUT2D eigenvalue weighted by molar-refractivity contribution is -0.115. The molecule has 3 rings (SSSR count). The Labute approximate surface area is 187 Å². The van der Waals surface area contributed by atoms with E-state index in [1.807, 2.05) is 23.9 Å². The lowest BCUT2D eigenvalue weighted by Crippen LogP contribution is -2.43. The molecule has 2 aromatic rings. The van der Waals surface area contributed by atoms with Gasteiger partial charge < -0.3 is 15.5 Å². The van der Waals surface area contributed by atoms with Crippen molar-refractivity contribution in [1.29, 1.82) is 0 Å². The Bertz CT molecular complexity index is 760. The molecule has 28 heavy (non-hydrogen) atoms. The van der Waals surface area contributed by atoms with E-state index in [0.717, 1.165) is 31.2 Å². The molecule has 8 heteroatoms. The number of hydrogen-bond donors (Lipinski definition) is 2. The highest BCUT2D eigenvalue weighted by Gasteiger charge is 2.25. The maximum absolute atomic E-state index is 12.1. The van der Waals surface area contributed by atoms with Crippen LogP contribution in [-0.4, -0.2) is 54.2 Å². The maximum Gasteiger partial charge on any atom is 0.243 e. The molecular formula is C20H26IN5OS. The van der Waals surface area contributed by atoms with Crippen molar-refractivity contribution >= 4 is 53.3 Å². The summed E-state index contributed by atoms with van der Waals surface area (Å²) in [5.74, 6) is 2.39. The lowest BCUT2D eigenvalue weighted by Gasteiger charge is -2.21. The zero-order valence-corrected chi connectivity index (χ0v) is 19.0. The first-order valence-electron chi connectivity index (χ1n) is 9.08. The van der Waals surface area contributed by atoms with Crippen molar-refractivity contribution in [3.63, 3.8) is 0 Å². The molecule has 1 fully saturated rings. The molecule has 0 aliphatic carbocycles. The molecule has 1 aromatic carbocycles. The summed E-state index contributed by atoms with van der Waals surface area (Å²) in [7, 11) is 1.76. The monoisotopic (exact) mass is 511 g/mol. The van der Waals surface area contributed by atoms with Gasteiger partial charge in [-0.25, -0.2) is 0 Å².